The summed E-state index contributed by atoms with van der Waals surface area (Å²) in [4.78, 5) is 11.5. The summed E-state index contributed by atoms with van der Waals surface area (Å²) in [5.74, 6) is 0.0198. The Kier molecular flexibility index (Phi) is 8.21. The number of halogens is 1. The molecule has 0 fully saturated rings. The zero-order chi connectivity index (χ0) is 13.9. The van der Waals surface area contributed by atoms with Gasteiger partial charge in [0.05, 0.1) is 6.54 Å². The second kappa shape index (κ2) is 9.78. The van der Waals surface area contributed by atoms with E-state index in [0.29, 0.717) is 19.7 Å². The molecule has 2 N–H and O–H groups in total. The Bertz CT molecular complexity index is 368. The molecule has 0 heterocycles. The Morgan fingerprint density at radius 2 is 2.00 bits per heavy atom. The van der Waals surface area contributed by atoms with E-state index in [1.165, 1.54) is 0 Å². The molecule has 4 nitrogen and oxygen atoms in total. The largest absolute Gasteiger partial charge is 0.385 e. The van der Waals surface area contributed by atoms with Gasteiger partial charge in [0.2, 0.25) is 5.91 Å². The number of ether oxygens (including phenoxy) is 1. The maximum absolute atomic E-state index is 11.5. The van der Waals surface area contributed by atoms with Gasteiger partial charge in [-0.05, 0) is 37.1 Å². The smallest absolute Gasteiger partial charge is 0.233 e. The predicted octanol–water partition coefficient (Wildman–Crippen LogP) is 1.62. The van der Waals surface area contributed by atoms with Crippen LogP contribution in [0.15, 0.2) is 24.3 Å². The summed E-state index contributed by atoms with van der Waals surface area (Å²) in [6.07, 6.45) is 1.72. The third-order valence-electron chi connectivity index (χ3n) is 2.64. The summed E-state index contributed by atoms with van der Waals surface area (Å²) in [6, 6.07) is 7.65. The third-order valence-corrected chi connectivity index (χ3v) is 2.89. The number of rotatable bonds is 9. The molecule has 0 atom stereocenters. The topological polar surface area (TPSA) is 50.4 Å². The van der Waals surface area contributed by atoms with Crippen molar-refractivity contribution in [1.82, 2.24) is 10.6 Å². The van der Waals surface area contributed by atoms with E-state index < -0.39 is 0 Å². The molecule has 0 aliphatic heterocycles. The van der Waals surface area contributed by atoms with E-state index in [1.807, 2.05) is 24.3 Å². The Hall–Kier alpha value is -1.10. The van der Waals surface area contributed by atoms with Crippen molar-refractivity contribution >= 4 is 17.5 Å². The van der Waals surface area contributed by atoms with Crippen LogP contribution in [0.4, 0.5) is 0 Å². The second-order valence-corrected chi connectivity index (χ2v) is 4.69. The monoisotopic (exact) mass is 284 g/mol. The fourth-order valence-electron chi connectivity index (χ4n) is 1.60. The second-order valence-electron chi connectivity index (χ2n) is 4.25. The number of hydrogen-bond donors (Lipinski definition) is 2. The van der Waals surface area contributed by atoms with Crippen molar-refractivity contribution in [2.24, 2.45) is 0 Å². The highest BCUT2D eigenvalue weighted by atomic mass is 35.5. The summed E-state index contributed by atoms with van der Waals surface area (Å²) in [7, 11) is 1.67. The number of carbonyl (C=O) groups excluding carboxylic acids is 1. The Labute approximate surface area is 119 Å². The fourth-order valence-corrected chi connectivity index (χ4v) is 1.73. The SMILES string of the molecule is COCCCNCC(=O)NCCc1ccc(Cl)cc1. The van der Waals surface area contributed by atoms with Crippen molar-refractivity contribution in [3.63, 3.8) is 0 Å². The van der Waals surface area contributed by atoms with E-state index in [4.69, 9.17) is 16.3 Å². The summed E-state index contributed by atoms with van der Waals surface area (Å²) >= 11 is 5.80. The number of amides is 1. The first kappa shape index (κ1) is 16.0. The molecule has 1 rings (SSSR count). The van der Waals surface area contributed by atoms with Gasteiger partial charge in [-0.3, -0.25) is 4.79 Å². The molecule has 5 heteroatoms. The average molecular weight is 285 g/mol. The third kappa shape index (κ3) is 7.82. The lowest BCUT2D eigenvalue weighted by molar-refractivity contribution is -0.120. The van der Waals surface area contributed by atoms with Crippen molar-refractivity contribution in [1.29, 1.82) is 0 Å². The van der Waals surface area contributed by atoms with Crippen molar-refractivity contribution in [3.05, 3.63) is 34.9 Å². The van der Waals surface area contributed by atoms with Crippen LogP contribution in [0.5, 0.6) is 0 Å². The zero-order valence-corrected chi connectivity index (χ0v) is 12.0. The van der Waals surface area contributed by atoms with Crippen molar-refractivity contribution in [2.45, 2.75) is 12.8 Å². The van der Waals surface area contributed by atoms with Gasteiger partial charge in [-0.2, -0.15) is 0 Å². The predicted molar refractivity (Wildman–Crippen MR) is 77.5 cm³/mol. The van der Waals surface area contributed by atoms with Gasteiger partial charge in [-0.25, -0.2) is 0 Å². The minimum absolute atomic E-state index is 0.0198. The molecule has 1 aromatic carbocycles. The van der Waals surface area contributed by atoms with Gasteiger partial charge < -0.3 is 15.4 Å². The molecule has 0 unspecified atom stereocenters. The van der Waals surface area contributed by atoms with E-state index in [9.17, 15) is 4.79 Å². The van der Waals surface area contributed by atoms with Gasteiger partial charge in [0.15, 0.2) is 0 Å². The van der Waals surface area contributed by atoms with Gasteiger partial charge in [-0.1, -0.05) is 23.7 Å². The van der Waals surface area contributed by atoms with Gasteiger partial charge >= 0.3 is 0 Å². The van der Waals surface area contributed by atoms with Gasteiger partial charge in [0.25, 0.3) is 0 Å². The summed E-state index contributed by atoms with van der Waals surface area (Å²) < 4.78 is 4.92. The van der Waals surface area contributed by atoms with Crippen LogP contribution in [0.3, 0.4) is 0 Å². The number of benzene rings is 1. The highest BCUT2D eigenvalue weighted by molar-refractivity contribution is 6.30. The molecule has 1 aromatic rings. The first-order chi connectivity index (χ1) is 9.22. The lowest BCUT2D eigenvalue weighted by Gasteiger charge is -2.07. The van der Waals surface area contributed by atoms with E-state index in [1.54, 1.807) is 7.11 Å². The van der Waals surface area contributed by atoms with E-state index in [2.05, 4.69) is 10.6 Å². The first-order valence-corrected chi connectivity index (χ1v) is 6.81. The maximum Gasteiger partial charge on any atom is 0.233 e. The number of carbonyl (C=O) groups is 1. The van der Waals surface area contributed by atoms with E-state index in [-0.39, 0.29) is 5.91 Å². The van der Waals surface area contributed by atoms with Gasteiger partial charge in [-0.15, -0.1) is 0 Å². The van der Waals surface area contributed by atoms with Crippen molar-refractivity contribution in [3.8, 4) is 0 Å². The summed E-state index contributed by atoms with van der Waals surface area (Å²) in [5.41, 5.74) is 1.16. The molecule has 0 radical (unpaired) electrons. The number of hydrogen-bond acceptors (Lipinski definition) is 3. The van der Waals surface area contributed by atoms with E-state index >= 15 is 0 Å². The maximum atomic E-state index is 11.5. The molecule has 0 saturated heterocycles. The van der Waals surface area contributed by atoms with Crippen LogP contribution in [0.25, 0.3) is 0 Å². The zero-order valence-electron chi connectivity index (χ0n) is 11.2. The van der Waals surface area contributed by atoms with Gasteiger partial charge in [0.1, 0.15) is 0 Å². The normalized spacial score (nSPS) is 10.4. The van der Waals surface area contributed by atoms with Crippen molar-refractivity contribution < 1.29 is 9.53 Å². The first-order valence-electron chi connectivity index (χ1n) is 6.43. The van der Waals surface area contributed by atoms with Crippen LogP contribution < -0.4 is 10.6 Å². The lowest BCUT2D eigenvalue weighted by atomic mass is 10.1. The van der Waals surface area contributed by atoms with Crippen LogP contribution in [0, 0.1) is 0 Å². The molecule has 0 bridgehead atoms. The fraction of sp³-hybridized carbons (Fsp3) is 0.500. The average Bonchev–Trinajstić information content (AvgIpc) is 2.41. The quantitative estimate of drug-likeness (QED) is 0.678. The lowest BCUT2D eigenvalue weighted by Crippen LogP contribution is -2.35. The Balaban J connectivity index is 2.05. The standard InChI is InChI=1S/C14H21ClN2O2/c1-19-10-2-8-16-11-14(18)17-9-7-12-3-5-13(15)6-4-12/h3-6,16H,2,7-11H2,1H3,(H,17,18). The molecule has 19 heavy (non-hydrogen) atoms. The van der Waals surface area contributed by atoms with Crippen LogP contribution in [-0.2, 0) is 16.0 Å². The van der Waals surface area contributed by atoms with Crippen molar-refractivity contribution in [2.75, 3.05) is 33.4 Å². The Morgan fingerprint density at radius 1 is 1.26 bits per heavy atom. The van der Waals surface area contributed by atoms with Gasteiger partial charge in [0, 0.05) is 25.3 Å². The molecule has 0 aromatic heterocycles. The van der Waals surface area contributed by atoms with E-state index in [0.717, 1.165) is 30.0 Å². The minimum atomic E-state index is 0.0198. The molecule has 0 aliphatic carbocycles. The van der Waals surface area contributed by atoms with Crippen LogP contribution in [0.1, 0.15) is 12.0 Å². The molecular weight excluding hydrogens is 264 g/mol. The summed E-state index contributed by atoms with van der Waals surface area (Å²) in [5, 5.41) is 6.67. The molecular formula is C14H21ClN2O2. The molecule has 1 amide bonds. The number of methoxy groups -OCH3 is 1. The molecule has 0 saturated carbocycles. The summed E-state index contributed by atoms with van der Waals surface area (Å²) in [6.45, 7) is 2.49. The molecule has 0 spiro atoms. The Morgan fingerprint density at radius 3 is 2.68 bits per heavy atom. The molecule has 106 valence electrons. The highest BCUT2D eigenvalue weighted by Gasteiger charge is 2.00. The highest BCUT2D eigenvalue weighted by Crippen LogP contribution is 2.09. The van der Waals surface area contributed by atoms with Crippen LogP contribution >= 0.6 is 11.6 Å². The van der Waals surface area contributed by atoms with Crippen LogP contribution in [0.2, 0.25) is 5.02 Å². The minimum Gasteiger partial charge on any atom is -0.385 e. The van der Waals surface area contributed by atoms with Crippen LogP contribution in [-0.4, -0.2) is 39.3 Å². The molecule has 0 aliphatic rings. The number of nitrogens with one attached hydrogen (secondary N) is 2.